The van der Waals surface area contributed by atoms with Gasteiger partial charge in [0.05, 0.1) is 6.61 Å². The van der Waals surface area contributed by atoms with Crippen LogP contribution in [0.15, 0.2) is 0 Å². The summed E-state index contributed by atoms with van der Waals surface area (Å²) in [5.41, 5.74) is 0. The fraction of sp³-hybridized carbons (Fsp3) is 0.867. The largest absolute Gasteiger partial charge is 0.380 e. The molecule has 0 atom stereocenters. The lowest BCUT2D eigenvalue weighted by Crippen LogP contribution is -2.35. The fourth-order valence-electron chi connectivity index (χ4n) is 2.17. The zero-order chi connectivity index (χ0) is 13.1. The van der Waals surface area contributed by atoms with E-state index in [1.165, 1.54) is 25.9 Å². The van der Waals surface area contributed by atoms with Gasteiger partial charge in [-0.05, 0) is 44.8 Å². The van der Waals surface area contributed by atoms with E-state index in [0.717, 1.165) is 51.6 Å². The molecule has 18 heavy (non-hydrogen) atoms. The first-order valence-electron chi connectivity index (χ1n) is 7.27. The Labute approximate surface area is 112 Å². The number of terminal acetylenes is 1. The molecule has 0 aromatic rings. The zero-order valence-electron chi connectivity index (χ0n) is 11.8. The third-order valence-electron chi connectivity index (χ3n) is 3.52. The minimum Gasteiger partial charge on any atom is -0.380 e. The highest BCUT2D eigenvalue weighted by Gasteiger charge is 2.14. The van der Waals surface area contributed by atoms with Crippen molar-refractivity contribution in [1.82, 2.24) is 10.2 Å². The van der Waals surface area contributed by atoms with Crippen LogP contribution in [0.3, 0.4) is 0 Å². The number of hydrogen-bond acceptors (Lipinski definition) is 3. The zero-order valence-corrected chi connectivity index (χ0v) is 11.8. The summed E-state index contributed by atoms with van der Waals surface area (Å²) in [7, 11) is 0. The van der Waals surface area contributed by atoms with Gasteiger partial charge in [0.15, 0.2) is 0 Å². The summed E-state index contributed by atoms with van der Waals surface area (Å²) in [6, 6.07) is 0. The number of hydrogen-bond donors (Lipinski definition) is 1. The Morgan fingerprint density at radius 3 is 2.78 bits per heavy atom. The molecule has 0 amide bonds. The summed E-state index contributed by atoms with van der Waals surface area (Å²) in [4.78, 5) is 2.52. The topological polar surface area (TPSA) is 24.5 Å². The molecule has 0 radical (unpaired) electrons. The second-order valence-corrected chi connectivity index (χ2v) is 5.19. The van der Waals surface area contributed by atoms with E-state index in [4.69, 9.17) is 11.2 Å². The van der Waals surface area contributed by atoms with E-state index in [1.54, 1.807) is 0 Å². The van der Waals surface area contributed by atoms with E-state index in [0.29, 0.717) is 0 Å². The van der Waals surface area contributed by atoms with Gasteiger partial charge < -0.3 is 15.0 Å². The van der Waals surface area contributed by atoms with E-state index >= 15 is 0 Å². The van der Waals surface area contributed by atoms with Crippen molar-refractivity contribution in [3.8, 4) is 12.3 Å². The average molecular weight is 252 g/mol. The molecular formula is C15H28N2O. The van der Waals surface area contributed by atoms with Crippen LogP contribution in [0.2, 0.25) is 0 Å². The quantitative estimate of drug-likeness (QED) is 0.500. The van der Waals surface area contributed by atoms with E-state index in [2.05, 4.69) is 23.1 Å². The summed E-state index contributed by atoms with van der Waals surface area (Å²) < 4.78 is 5.65. The van der Waals surface area contributed by atoms with Crippen molar-refractivity contribution in [2.45, 2.75) is 32.6 Å². The van der Waals surface area contributed by atoms with Crippen LogP contribution < -0.4 is 5.32 Å². The van der Waals surface area contributed by atoms with E-state index < -0.39 is 0 Å². The molecule has 0 spiro atoms. The van der Waals surface area contributed by atoms with Crippen LogP contribution in [-0.4, -0.2) is 50.8 Å². The Morgan fingerprint density at radius 2 is 2.06 bits per heavy atom. The summed E-state index contributed by atoms with van der Waals surface area (Å²) in [5.74, 6) is 3.53. The SMILES string of the molecule is C#CCCNCCCOCCN1CCC(C)CC1. The number of piperidine rings is 1. The van der Waals surface area contributed by atoms with Crippen molar-refractivity contribution in [3.05, 3.63) is 0 Å². The maximum Gasteiger partial charge on any atom is 0.0593 e. The molecule has 0 bridgehead atoms. The normalized spacial score (nSPS) is 17.8. The first kappa shape index (κ1) is 15.5. The molecule has 1 fully saturated rings. The van der Waals surface area contributed by atoms with Crippen LogP contribution in [0.1, 0.15) is 32.6 Å². The Hall–Kier alpha value is -0.560. The fourth-order valence-corrected chi connectivity index (χ4v) is 2.17. The predicted octanol–water partition coefficient (Wildman–Crippen LogP) is 1.74. The highest BCUT2D eigenvalue weighted by molar-refractivity contribution is 4.83. The van der Waals surface area contributed by atoms with Crippen molar-refractivity contribution < 1.29 is 4.74 Å². The van der Waals surface area contributed by atoms with E-state index in [9.17, 15) is 0 Å². The van der Waals surface area contributed by atoms with Gasteiger partial charge in [-0.2, -0.15) is 0 Å². The molecule has 1 rings (SSSR count). The van der Waals surface area contributed by atoms with Gasteiger partial charge in [0.25, 0.3) is 0 Å². The van der Waals surface area contributed by atoms with Crippen molar-refractivity contribution in [2.24, 2.45) is 5.92 Å². The van der Waals surface area contributed by atoms with Crippen molar-refractivity contribution in [1.29, 1.82) is 0 Å². The number of rotatable bonds is 9. The van der Waals surface area contributed by atoms with Crippen LogP contribution in [0, 0.1) is 18.3 Å². The molecule has 0 aliphatic carbocycles. The Morgan fingerprint density at radius 1 is 1.28 bits per heavy atom. The van der Waals surface area contributed by atoms with Gasteiger partial charge in [0.2, 0.25) is 0 Å². The molecule has 1 N–H and O–H groups in total. The standard InChI is InChI=1S/C15H28N2O/c1-3-4-8-16-9-5-13-18-14-12-17-10-6-15(2)7-11-17/h1,15-16H,4-14H2,2H3. The molecule has 1 aliphatic rings. The Kier molecular flexibility index (Phi) is 8.93. The Bertz CT molecular complexity index is 229. The maximum atomic E-state index is 5.65. The lowest BCUT2D eigenvalue weighted by molar-refractivity contribution is 0.0887. The summed E-state index contributed by atoms with van der Waals surface area (Å²) in [5, 5.41) is 3.30. The van der Waals surface area contributed by atoms with Crippen molar-refractivity contribution >= 4 is 0 Å². The highest BCUT2D eigenvalue weighted by atomic mass is 16.5. The van der Waals surface area contributed by atoms with Crippen LogP contribution in [0.5, 0.6) is 0 Å². The lowest BCUT2D eigenvalue weighted by Gasteiger charge is -2.29. The van der Waals surface area contributed by atoms with Crippen LogP contribution in [-0.2, 0) is 4.74 Å². The molecule has 0 unspecified atom stereocenters. The van der Waals surface area contributed by atoms with E-state index in [-0.39, 0.29) is 0 Å². The molecule has 1 saturated heterocycles. The van der Waals surface area contributed by atoms with Crippen molar-refractivity contribution in [2.75, 3.05) is 45.9 Å². The minimum absolute atomic E-state index is 0.814. The van der Waals surface area contributed by atoms with Gasteiger partial charge in [-0.1, -0.05) is 6.92 Å². The third-order valence-corrected chi connectivity index (χ3v) is 3.52. The summed E-state index contributed by atoms with van der Waals surface area (Å²) in [6.07, 6.45) is 9.75. The van der Waals surface area contributed by atoms with Crippen molar-refractivity contribution in [3.63, 3.8) is 0 Å². The van der Waals surface area contributed by atoms with Gasteiger partial charge >= 0.3 is 0 Å². The number of ether oxygens (including phenoxy) is 1. The molecule has 0 saturated carbocycles. The van der Waals surface area contributed by atoms with Gasteiger partial charge in [-0.3, -0.25) is 0 Å². The highest BCUT2D eigenvalue weighted by Crippen LogP contribution is 2.15. The molecule has 1 heterocycles. The number of nitrogens with zero attached hydrogens (tertiary/aromatic N) is 1. The second-order valence-electron chi connectivity index (χ2n) is 5.19. The van der Waals surface area contributed by atoms with Gasteiger partial charge in [0.1, 0.15) is 0 Å². The first-order chi connectivity index (χ1) is 8.83. The molecule has 1 aliphatic heterocycles. The van der Waals surface area contributed by atoms with Crippen LogP contribution in [0.25, 0.3) is 0 Å². The first-order valence-corrected chi connectivity index (χ1v) is 7.27. The molecule has 104 valence electrons. The summed E-state index contributed by atoms with van der Waals surface area (Å²) in [6.45, 7) is 9.59. The second kappa shape index (κ2) is 10.4. The molecule has 3 heteroatoms. The number of likely N-dealkylation sites (tertiary alicyclic amines) is 1. The lowest BCUT2D eigenvalue weighted by atomic mass is 9.99. The van der Waals surface area contributed by atoms with E-state index in [1.807, 2.05) is 0 Å². The molecular weight excluding hydrogens is 224 g/mol. The number of nitrogens with one attached hydrogen (secondary N) is 1. The van der Waals surface area contributed by atoms with Gasteiger partial charge in [0, 0.05) is 26.1 Å². The monoisotopic (exact) mass is 252 g/mol. The van der Waals surface area contributed by atoms with Gasteiger partial charge in [-0.25, -0.2) is 0 Å². The predicted molar refractivity (Wildman–Crippen MR) is 76.6 cm³/mol. The maximum absolute atomic E-state index is 5.65. The average Bonchev–Trinajstić information content (AvgIpc) is 2.39. The summed E-state index contributed by atoms with van der Waals surface area (Å²) >= 11 is 0. The van der Waals surface area contributed by atoms with Gasteiger partial charge in [-0.15, -0.1) is 12.3 Å². The molecule has 0 aromatic carbocycles. The minimum atomic E-state index is 0.814. The van der Waals surface area contributed by atoms with Crippen LogP contribution in [0.4, 0.5) is 0 Å². The third kappa shape index (κ3) is 7.71. The molecule has 0 aromatic heterocycles. The molecule has 3 nitrogen and oxygen atoms in total. The van der Waals surface area contributed by atoms with Crippen LogP contribution >= 0.6 is 0 Å². The smallest absolute Gasteiger partial charge is 0.0593 e. The Balaban J connectivity index is 1.80.